The van der Waals surface area contributed by atoms with Crippen molar-refractivity contribution in [2.45, 2.75) is 19.4 Å². The first-order chi connectivity index (χ1) is 13.7. The lowest BCUT2D eigenvalue weighted by atomic mass is 10.1. The van der Waals surface area contributed by atoms with Gasteiger partial charge in [0.25, 0.3) is 5.89 Å². The van der Waals surface area contributed by atoms with E-state index in [4.69, 9.17) is 18.7 Å². The van der Waals surface area contributed by atoms with Gasteiger partial charge < -0.3 is 24.1 Å². The summed E-state index contributed by atoms with van der Waals surface area (Å²) >= 11 is 0. The molecular weight excluding hydrogens is 360 g/mol. The van der Waals surface area contributed by atoms with Crippen molar-refractivity contribution in [3.8, 4) is 34.3 Å². The topological polar surface area (TPSA) is 91.5 Å². The second kappa shape index (κ2) is 9.18. The van der Waals surface area contributed by atoms with E-state index in [1.165, 1.54) is 0 Å². The Kier molecular flexibility index (Phi) is 6.44. The average molecular weight is 384 g/mol. The van der Waals surface area contributed by atoms with Gasteiger partial charge in [0.05, 0.1) is 38.0 Å². The molecule has 8 heteroatoms. The molecule has 1 unspecified atom stereocenters. The molecular formula is C20H24N4O4. The second-order valence-electron chi connectivity index (χ2n) is 6.10. The number of pyridine rings is 1. The molecule has 3 aromatic rings. The molecule has 0 aliphatic carbocycles. The van der Waals surface area contributed by atoms with Crippen LogP contribution in [0, 0.1) is 0 Å². The van der Waals surface area contributed by atoms with Crippen LogP contribution in [-0.2, 0) is 4.74 Å². The zero-order valence-corrected chi connectivity index (χ0v) is 16.4. The Balaban J connectivity index is 1.81. The molecule has 0 saturated heterocycles. The van der Waals surface area contributed by atoms with Gasteiger partial charge in [-0.3, -0.25) is 0 Å². The number of benzene rings is 1. The van der Waals surface area contributed by atoms with Crippen molar-refractivity contribution in [2.75, 3.05) is 33.3 Å². The normalized spacial score (nSPS) is 11.9. The minimum Gasteiger partial charge on any atom is -0.493 e. The van der Waals surface area contributed by atoms with Gasteiger partial charge in [-0.25, -0.2) is 4.98 Å². The van der Waals surface area contributed by atoms with Crippen molar-refractivity contribution >= 4 is 5.82 Å². The number of anilines is 1. The maximum absolute atomic E-state index is 5.44. The third-order valence-electron chi connectivity index (χ3n) is 4.29. The number of nitrogens with one attached hydrogen (secondary N) is 1. The van der Waals surface area contributed by atoms with Crippen LogP contribution in [0.4, 0.5) is 5.82 Å². The monoisotopic (exact) mass is 384 g/mol. The van der Waals surface area contributed by atoms with Gasteiger partial charge in [-0.2, -0.15) is 4.98 Å². The van der Waals surface area contributed by atoms with E-state index in [2.05, 4.69) is 27.4 Å². The summed E-state index contributed by atoms with van der Waals surface area (Å²) in [5.74, 6) is 2.72. The van der Waals surface area contributed by atoms with E-state index in [1.807, 2.05) is 30.3 Å². The lowest BCUT2D eigenvalue weighted by molar-refractivity contribution is 0.184. The highest BCUT2D eigenvalue weighted by Crippen LogP contribution is 2.37. The van der Waals surface area contributed by atoms with Gasteiger partial charge in [-0.1, -0.05) is 18.1 Å². The van der Waals surface area contributed by atoms with Gasteiger partial charge in [0.2, 0.25) is 5.82 Å². The Labute approximate surface area is 163 Å². The van der Waals surface area contributed by atoms with Gasteiger partial charge in [0.15, 0.2) is 11.5 Å². The van der Waals surface area contributed by atoms with Crippen LogP contribution in [-0.4, -0.2) is 49.1 Å². The summed E-state index contributed by atoms with van der Waals surface area (Å²) in [7, 11) is 4.84. The Morgan fingerprint density at radius 3 is 2.61 bits per heavy atom. The lowest BCUT2D eigenvalue weighted by Gasteiger charge is -2.16. The minimum atomic E-state index is 0.207. The molecule has 1 atom stereocenters. The molecule has 148 valence electrons. The van der Waals surface area contributed by atoms with Crippen LogP contribution < -0.4 is 14.8 Å². The summed E-state index contributed by atoms with van der Waals surface area (Å²) in [5, 5.41) is 7.41. The number of para-hydroxylation sites is 1. The molecule has 0 bridgehead atoms. The van der Waals surface area contributed by atoms with Crippen LogP contribution in [0.25, 0.3) is 22.8 Å². The maximum atomic E-state index is 5.44. The molecule has 0 saturated carbocycles. The van der Waals surface area contributed by atoms with Crippen LogP contribution in [0.2, 0.25) is 0 Å². The van der Waals surface area contributed by atoms with Crippen LogP contribution >= 0.6 is 0 Å². The van der Waals surface area contributed by atoms with Crippen molar-refractivity contribution in [2.24, 2.45) is 0 Å². The summed E-state index contributed by atoms with van der Waals surface area (Å²) in [6.45, 7) is 2.72. The smallest absolute Gasteiger partial charge is 0.259 e. The van der Waals surface area contributed by atoms with E-state index in [1.54, 1.807) is 27.5 Å². The molecule has 0 spiro atoms. The first-order valence-corrected chi connectivity index (χ1v) is 8.97. The third-order valence-corrected chi connectivity index (χ3v) is 4.29. The van der Waals surface area contributed by atoms with Crippen molar-refractivity contribution in [3.63, 3.8) is 0 Å². The number of ether oxygens (including phenoxy) is 3. The Hall–Kier alpha value is -3.13. The highest BCUT2D eigenvalue weighted by atomic mass is 16.5. The first-order valence-electron chi connectivity index (χ1n) is 8.97. The molecule has 0 fully saturated rings. The molecule has 8 nitrogen and oxygen atoms in total. The number of hydrogen-bond acceptors (Lipinski definition) is 8. The number of aromatic nitrogens is 3. The molecule has 1 N–H and O–H groups in total. The molecule has 0 aliphatic heterocycles. The predicted molar refractivity (Wildman–Crippen MR) is 106 cm³/mol. The van der Waals surface area contributed by atoms with Gasteiger partial charge in [0, 0.05) is 13.3 Å². The van der Waals surface area contributed by atoms with Crippen LogP contribution in [0.1, 0.15) is 13.3 Å². The van der Waals surface area contributed by atoms with Crippen molar-refractivity contribution in [1.29, 1.82) is 0 Å². The minimum absolute atomic E-state index is 0.207. The molecule has 0 radical (unpaired) electrons. The van der Waals surface area contributed by atoms with E-state index in [-0.39, 0.29) is 6.04 Å². The zero-order chi connectivity index (χ0) is 19.9. The summed E-state index contributed by atoms with van der Waals surface area (Å²) in [5.41, 5.74) is 1.42. The van der Waals surface area contributed by atoms with Crippen LogP contribution in [0.5, 0.6) is 11.5 Å². The number of methoxy groups -OCH3 is 3. The highest BCUT2D eigenvalue weighted by molar-refractivity contribution is 5.69. The molecule has 1 aromatic carbocycles. The second-order valence-corrected chi connectivity index (χ2v) is 6.10. The Bertz CT molecular complexity index is 895. The predicted octanol–water partition coefficient (Wildman–Crippen LogP) is 3.65. The number of rotatable bonds is 9. The van der Waals surface area contributed by atoms with E-state index < -0.39 is 0 Å². The zero-order valence-electron chi connectivity index (χ0n) is 16.4. The summed E-state index contributed by atoms with van der Waals surface area (Å²) < 4.78 is 21.4. The fourth-order valence-corrected chi connectivity index (χ4v) is 2.79. The van der Waals surface area contributed by atoms with Crippen molar-refractivity contribution in [3.05, 3.63) is 36.5 Å². The fourth-order valence-electron chi connectivity index (χ4n) is 2.79. The van der Waals surface area contributed by atoms with Gasteiger partial charge in [-0.05, 0) is 30.7 Å². The number of nitrogens with zero attached hydrogens (tertiary/aromatic N) is 3. The highest BCUT2D eigenvalue weighted by Gasteiger charge is 2.18. The van der Waals surface area contributed by atoms with Gasteiger partial charge in [0.1, 0.15) is 5.82 Å². The third kappa shape index (κ3) is 4.23. The molecule has 2 aromatic heterocycles. The largest absolute Gasteiger partial charge is 0.493 e. The Morgan fingerprint density at radius 1 is 1.11 bits per heavy atom. The molecule has 28 heavy (non-hydrogen) atoms. The van der Waals surface area contributed by atoms with Crippen molar-refractivity contribution in [1.82, 2.24) is 15.1 Å². The quantitative estimate of drug-likeness (QED) is 0.598. The van der Waals surface area contributed by atoms with E-state index >= 15 is 0 Å². The summed E-state index contributed by atoms with van der Waals surface area (Å²) in [6, 6.07) is 9.48. The molecule has 0 aliphatic rings. The fraction of sp³-hybridized carbons (Fsp3) is 0.350. The van der Waals surface area contributed by atoms with E-state index in [0.29, 0.717) is 35.4 Å². The molecule has 2 heterocycles. The van der Waals surface area contributed by atoms with Gasteiger partial charge >= 0.3 is 0 Å². The van der Waals surface area contributed by atoms with Crippen LogP contribution in [0.3, 0.4) is 0 Å². The Morgan fingerprint density at radius 2 is 1.96 bits per heavy atom. The maximum Gasteiger partial charge on any atom is 0.259 e. The van der Waals surface area contributed by atoms with E-state index in [0.717, 1.165) is 17.8 Å². The summed E-state index contributed by atoms with van der Waals surface area (Å²) in [6.07, 6.45) is 2.63. The lowest BCUT2D eigenvalue weighted by Crippen LogP contribution is -2.24. The first kappa shape index (κ1) is 19.6. The standard InChI is InChI=1S/C20H24N4O4/c1-5-14(12-25-2)22-17-10-9-13(11-21-17)20-23-19(24-28-20)15-7-6-8-16(26-3)18(15)27-4/h6-11,14H,5,12H2,1-4H3,(H,21,22). The average Bonchev–Trinajstić information content (AvgIpc) is 3.23. The summed E-state index contributed by atoms with van der Waals surface area (Å²) in [4.78, 5) is 8.91. The molecule has 0 amide bonds. The SMILES string of the molecule is CCC(COC)Nc1ccc(-c2nc(-c3cccc(OC)c3OC)no2)cn1. The van der Waals surface area contributed by atoms with Gasteiger partial charge in [-0.15, -0.1) is 0 Å². The number of hydrogen-bond donors (Lipinski definition) is 1. The van der Waals surface area contributed by atoms with Crippen molar-refractivity contribution < 1.29 is 18.7 Å². The molecule has 3 rings (SSSR count). The van der Waals surface area contributed by atoms with E-state index in [9.17, 15) is 0 Å². The van der Waals surface area contributed by atoms with Crippen LogP contribution in [0.15, 0.2) is 41.1 Å².